The van der Waals surface area contributed by atoms with Gasteiger partial charge in [0.25, 0.3) is 6.43 Å². The molecule has 3 rings (SSSR count). The Hall–Kier alpha value is -2.70. The first-order valence-corrected chi connectivity index (χ1v) is 10.8. The van der Waals surface area contributed by atoms with Crippen molar-refractivity contribution in [2.45, 2.75) is 36.1 Å². The summed E-state index contributed by atoms with van der Waals surface area (Å²) in [5.41, 5.74) is -0.804. The third-order valence-electron chi connectivity index (χ3n) is 5.33. The lowest BCUT2D eigenvalue weighted by atomic mass is 9.92. The minimum atomic E-state index is -4.78. The first-order chi connectivity index (χ1) is 14.4. The number of nitrogens with zero attached hydrogens (tertiary/aromatic N) is 4. The average Bonchev–Trinajstić information content (AvgIpc) is 3.11. The number of aromatic nitrogens is 3. The minimum absolute atomic E-state index is 0.00533. The topological polar surface area (TPSA) is 97.2 Å². The predicted molar refractivity (Wildman–Crippen MR) is 102 cm³/mol. The second-order valence-corrected chi connectivity index (χ2v) is 9.65. The van der Waals surface area contributed by atoms with Crippen molar-refractivity contribution in [1.29, 1.82) is 0 Å². The second-order valence-electron chi connectivity index (χ2n) is 7.40. The second kappa shape index (κ2) is 8.44. The van der Waals surface area contributed by atoms with Crippen LogP contribution in [0.15, 0.2) is 29.4 Å². The fourth-order valence-electron chi connectivity index (χ4n) is 3.56. The van der Waals surface area contributed by atoms with E-state index >= 15 is 4.39 Å². The number of anilines is 1. The molecule has 0 radical (unpaired) electrons. The van der Waals surface area contributed by atoms with Crippen molar-refractivity contribution in [1.82, 2.24) is 19.7 Å². The number of likely N-dealkylation sites (tertiary alicyclic amines) is 1. The van der Waals surface area contributed by atoms with Gasteiger partial charge in [-0.05, 0) is 25.8 Å². The van der Waals surface area contributed by atoms with E-state index in [9.17, 15) is 26.4 Å². The number of pyridine rings is 1. The van der Waals surface area contributed by atoms with Gasteiger partial charge in [-0.25, -0.2) is 31.4 Å². The number of piperidine rings is 1. The average molecular weight is 463 g/mol. The first-order valence-electron chi connectivity index (χ1n) is 9.36. The van der Waals surface area contributed by atoms with Gasteiger partial charge in [0, 0.05) is 50.2 Å². The fraction of sp³-hybridized carbons (Fsp3) is 0.500. The lowest BCUT2D eigenvalue weighted by Gasteiger charge is -2.37. The Bertz CT molecular complexity index is 1070. The molecule has 0 bridgehead atoms. The van der Waals surface area contributed by atoms with Crippen LogP contribution >= 0.6 is 0 Å². The van der Waals surface area contributed by atoms with Gasteiger partial charge in [-0.3, -0.25) is 4.68 Å². The molecule has 1 aliphatic rings. The molecule has 13 heteroatoms. The third kappa shape index (κ3) is 4.50. The largest absolute Gasteiger partial charge is 0.325 e. The number of hydrogen-bond donors (Lipinski definition) is 1. The van der Waals surface area contributed by atoms with E-state index in [0.717, 1.165) is 23.9 Å². The molecule has 1 unspecified atom stereocenters. The quantitative estimate of drug-likeness (QED) is 0.542. The van der Waals surface area contributed by atoms with Gasteiger partial charge in [0.15, 0.2) is 0 Å². The number of carbonyl (C=O) groups excluding carboxylic acids is 1. The van der Waals surface area contributed by atoms with Gasteiger partial charge in [0.1, 0.15) is 10.6 Å². The molecule has 170 valence electrons. The molecule has 0 aliphatic carbocycles. The fourth-order valence-corrected chi connectivity index (χ4v) is 5.36. The summed E-state index contributed by atoms with van der Waals surface area (Å²) < 4.78 is 81.8. The van der Waals surface area contributed by atoms with Crippen LogP contribution in [0.2, 0.25) is 0 Å². The van der Waals surface area contributed by atoms with E-state index in [2.05, 4.69) is 15.4 Å². The highest BCUT2D eigenvalue weighted by molar-refractivity contribution is 7.92. The molecule has 1 fully saturated rings. The number of aryl methyl sites for hydroxylation is 1. The van der Waals surface area contributed by atoms with Crippen LogP contribution in [0.5, 0.6) is 0 Å². The number of carbonyl (C=O) groups is 1. The van der Waals surface area contributed by atoms with Gasteiger partial charge in [-0.2, -0.15) is 9.49 Å². The van der Waals surface area contributed by atoms with E-state index in [1.807, 2.05) is 0 Å². The van der Waals surface area contributed by atoms with Gasteiger partial charge in [-0.15, -0.1) is 0 Å². The van der Waals surface area contributed by atoms with E-state index in [1.165, 1.54) is 24.2 Å². The molecule has 2 aromatic rings. The van der Waals surface area contributed by atoms with Crippen molar-refractivity contribution in [2.75, 3.05) is 18.4 Å². The highest BCUT2D eigenvalue weighted by Gasteiger charge is 2.50. The molecule has 0 spiro atoms. The summed E-state index contributed by atoms with van der Waals surface area (Å²) in [4.78, 5) is 16.2. The number of nitrogens with one attached hydrogen (secondary N) is 1. The molecule has 0 aromatic carbocycles. The lowest BCUT2D eigenvalue weighted by Crippen LogP contribution is -2.48. The highest BCUT2D eigenvalue weighted by atomic mass is 32.2. The number of sulfone groups is 1. The maximum Gasteiger partial charge on any atom is 0.321 e. The standard InChI is InChI=1S/C18H21F4N5O3S/c1-18(22,31(29,30)13-10-26(2)25-15(13)16(20)21)11-4-7-27(8-5-11)17(28)24-12-3-6-23-14(19)9-12/h3,6,9-11,16H,4-5,7-8H2,1-2H3,(H,23,24,28). The molecule has 1 atom stereocenters. The molecule has 1 aliphatic heterocycles. The molecular formula is C18H21F4N5O3S. The maximum absolute atomic E-state index is 15.6. The summed E-state index contributed by atoms with van der Waals surface area (Å²) in [5, 5.41) is 3.09. The minimum Gasteiger partial charge on any atom is -0.325 e. The van der Waals surface area contributed by atoms with E-state index in [4.69, 9.17) is 0 Å². The van der Waals surface area contributed by atoms with Crippen molar-refractivity contribution in [2.24, 2.45) is 13.0 Å². The summed E-state index contributed by atoms with van der Waals surface area (Å²) in [6.07, 6.45) is -1.14. The van der Waals surface area contributed by atoms with Crippen LogP contribution in [0.3, 0.4) is 0 Å². The zero-order valence-corrected chi connectivity index (χ0v) is 17.5. The van der Waals surface area contributed by atoms with Crippen LogP contribution in [0.25, 0.3) is 0 Å². The van der Waals surface area contributed by atoms with Gasteiger partial charge < -0.3 is 10.2 Å². The number of alkyl halides is 3. The SMILES string of the molecule is Cn1cc(S(=O)(=O)C(C)(F)C2CCN(C(=O)Nc3ccnc(F)c3)CC2)c(C(F)F)n1. The zero-order valence-electron chi connectivity index (χ0n) is 16.7. The van der Waals surface area contributed by atoms with Gasteiger partial charge in [0.2, 0.25) is 20.8 Å². The molecule has 3 heterocycles. The molecule has 1 N–H and O–H groups in total. The van der Waals surface area contributed by atoms with Crippen molar-refractivity contribution in [3.8, 4) is 0 Å². The van der Waals surface area contributed by atoms with Crippen LogP contribution in [-0.2, 0) is 16.9 Å². The molecule has 2 amide bonds. The Kier molecular flexibility index (Phi) is 6.25. The van der Waals surface area contributed by atoms with Crippen LogP contribution in [0.4, 0.5) is 28.0 Å². The summed E-state index contributed by atoms with van der Waals surface area (Å²) in [5.74, 6) is -1.79. The first kappa shape index (κ1) is 23.0. The number of amides is 2. The van der Waals surface area contributed by atoms with E-state index in [0.29, 0.717) is 0 Å². The zero-order chi connectivity index (χ0) is 23.0. The number of halogens is 4. The molecule has 31 heavy (non-hydrogen) atoms. The summed E-state index contributed by atoms with van der Waals surface area (Å²) >= 11 is 0. The van der Waals surface area contributed by atoms with E-state index in [-0.39, 0.29) is 31.6 Å². The predicted octanol–water partition coefficient (Wildman–Crippen LogP) is 3.30. The summed E-state index contributed by atoms with van der Waals surface area (Å²) in [6.45, 7) is 0.923. The van der Waals surface area contributed by atoms with Gasteiger partial charge in [-0.1, -0.05) is 0 Å². The van der Waals surface area contributed by atoms with Crippen molar-refractivity contribution in [3.63, 3.8) is 0 Å². The molecule has 1 saturated heterocycles. The van der Waals surface area contributed by atoms with Crippen LogP contribution < -0.4 is 5.32 Å². The van der Waals surface area contributed by atoms with Crippen LogP contribution in [0.1, 0.15) is 31.9 Å². The smallest absolute Gasteiger partial charge is 0.321 e. The maximum atomic E-state index is 15.6. The van der Waals surface area contributed by atoms with E-state index < -0.39 is 49.7 Å². The van der Waals surface area contributed by atoms with Gasteiger partial charge >= 0.3 is 6.03 Å². The number of urea groups is 1. The normalized spacial score (nSPS) is 17.6. The summed E-state index contributed by atoms with van der Waals surface area (Å²) in [7, 11) is -3.51. The number of hydrogen-bond acceptors (Lipinski definition) is 5. The Balaban J connectivity index is 1.71. The Labute approximate surface area is 176 Å². The highest BCUT2D eigenvalue weighted by Crippen LogP contribution is 2.41. The lowest BCUT2D eigenvalue weighted by molar-refractivity contribution is 0.116. The molecule has 0 saturated carbocycles. The Morgan fingerprint density at radius 2 is 1.97 bits per heavy atom. The summed E-state index contributed by atoms with van der Waals surface area (Å²) in [6, 6.07) is 1.87. The molecule has 2 aromatic heterocycles. The number of rotatable bonds is 5. The van der Waals surface area contributed by atoms with Crippen LogP contribution in [0, 0.1) is 11.9 Å². The molecule has 8 nitrogen and oxygen atoms in total. The van der Waals surface area contributed by atoms with Crippen molar-refractivity contribution >= 4 is 21.6 Å². The monoisotopic (exact) mass is 463 g/mol. The van der Waals surface area contributed by atoms with Crippen LogP contribution in [-0.4, -0.2) is 52.2 Å². The van der Waals surface area contributed by atoms with E-state index in [1.54, 1.807) is 0 Å². The Morgan fingerprint density at radius 3 is 2.55 bits per heavy atom. The molecular weight excluding hydrogens is 442 g/mol. The van der Waals surface area contributed by atoms with Crippen molar-refractivity contribution in [3.05, 3.63) is 36.2 Å². The van der Waals surface area contributed by atoms with Gasteiger partial charge in [0.05, 0.1) is 0 Å². The third-order valence-corrected chi connectivity index (χ3v) is 7.61. The Morgan fingerprint density at radius 1 is 1.32 bits per heavy atom. The van der Waals surface area contributed by atoms with Crippen molar-refractivity contribution < 1.29 is 30.8 Å².